The minimum Gasteiger partial charge on any atom is -0.481 e. The van der Waals surface area contributed by atoms with Gasteiger partial charge in [0, 0.05) is 6.42 Å². The van der Waals surface area contributed by atoms with Crippen LogP contribution in [0.25, 0.3) is 0 Å². The summed E-state index contributed by atoms with van der Waals surface area (Å²) in [7, 11) is 0. The fourth-order valence-corrected chi connectivity index (χ4v) is 2.32. The maximum Gasteiger partial charge on any atom is 0.303 e. The summed E-state index contributed by atoms with van der Waals surface area (Å²) in [4.78, 5) is 10.5. The third-order valence-electron chi connectivity index (χ3n) is 3.37. The Hall–Kier alpha value is -1.31. The van der Waals surface area contributed by atoms with Crippen LogP contribution >= 0.6 is 0 Å². The number of hydrogen-bond donors (Lipinski definition) is 1. The lowest BCUT2D eigenvalue weighted by Gasteiger charge is -2.16. The van der Waals surface area contributed by atoms with Crippen LogP contribution in [0.1, 0.15) is 63.4 Å². The number of benzene rings is 1. The van der Waals surface area contributed by atoms with E-state index in [-0.39, 0.29) is 0 Å². The molecule has 1 unspecified atom stereocenters. The molecule has 2 heteroatoms. The molecule has 0 fully saturated rings. The highest BCUT2D eigenvalue weighted by Crippen LogP contribution is 2.27. The van der Waals surface area contributed by atoms with Crippen molar-refractivity contribution in [3.05, 3.63) is 35.9 Å². The Labute approximate surface area is 110 Å². The number of carbonyl (C=O) groups is 1. The Balaban J connectivity index is 2.43. The van der Waals surface area contributed by atoms with Gasteiger partial charge < -0.3 is 5.11 Å². The monoisotopic (exact) mass is 248 g/mol. The summed E-state index contributed by atoms with van der Waals surface area (Å²) in [5.74, 6) is -0.0836. The highest BCUT2D eigenvalue weighted by atomic mass is 16.4. The third-order valence-corrected chi connectivity index (χ3v) is 3.37. The first kappa shape index (κ1) is 14.7. The molecule has 0 aromatic heterocycles. The van der Waals surface area contributed by atoms with Gasteiger partial charge in [0.1, 0.15) is 0 Å². The minimum atomic E-state index is -0.681. The normalized spacial score (nSPS) is 12.3. The van der Waals surface area contributed by atoms with Crippen molar-refractivity contribution < 1.29 is 9.90 Å². The van der Waals surface area contributed by atoms with Gasteiger partial charge in [-0.3, -0.25) is 4.79 Å². The molecule has 0 aliphatic carbocycles. The van der Waals surface area contributed by atoms with Crippen molar-refractivity contribution in [2.75, 3.05) is 0 Å². The lowest BCUT2D eigenvalue weighted by molar-refractivity contribution is -0.137. The van der Waals surface area contributed by atoms with E-state index < -0.39 is 5.97 Å². The van der Waals surface area contributed by atoms with Gasteiger partial charge in [0.15, 0.2) is 0 Å². The Bertz CT molecular complexity index is 332. The molecule has 1 aromatic rings. The van der Waals surface area contributed by atoms with Crippen LogP contribution in [0.4, 0.5) is 0 Å². The summed E-state index contributed by atoms with van der Waals surface area (Å²) in [6.07, 6.45) is 6.90. The van der Waals surface area contributed by atoms with E-state index in [0.717, 1.165) is 19.3 Å². The number of carboxylic acid groups (broad SMARTS) is 1. The summed E-state index contributed by atoms with van der Waals surface area (Å²) < 4.78 is 0. The zero-order valence-electron chi connectivity index (χ0n) is 11.3. The second kappa shape index (κ2) is 8.73. The Kier molecular flexibility index (Phi) is 7.16. The molecule has 0 saturated carbocycles. The molecule has 0 amide bonds. The van der Waals surface area contributed by atoms with Crippen LogP contribution in [0.3, 0.4) is 0 Å². The van der Waals surface area contributed by atoms with E-state index in [1.807, 2.05) is 6.07 Å². The van der Waals surface area contributed by atoms with E-state index in [1.54, 1.807) is 0 Å². The van der Waals surface area contributed by atoms with Crippen molar-refractivity contribution in [2.24, 2.45) is 0 Å². The van der Waals surface area contributed by atoms with Gasteiger partial charge >= 0.3 is 5.97 Å². The molecule has 1 rings (SSSR count). The summed E-state index contributed by atoms with van der Waals surface area (Å²) in [6.45, 7) is 2.21. The molecular formula is C16H24O2. The van der Waals surface area contributed by atoms with Gasteiger partial charge in [-0.2, -0.15) is 0 Å². The molecule has 0 heterocycles. The van der Waals surface area contributed by atoms with Crippen molar-refractivity contribution >= 4 is 5.97 Å². The maximum atomic E-state index is 10.5. The van der Waals surface area contributed by atoms with Gasteiger partial charge in [-0.15, -0.1) is 0 Å². The average Bonchev–Trinajstić information content (AvgIpc) is 2.38. The van der Waals surface area contributed by atoms with Crippen LogP contribution in [0.2, 0.25) is 0 Å². The fraction of sp³-hybridized carbons (Fsp3) is 0.562. The molecular weight excluding hydrogens is 224 g/mol. The fourth-order valence-electron chi connectivity index (χ4n) is 2.32. The van der Waals surface area contributed by atoms with E-state index >= 15 is 0 Å². The molecule has 1 atom stereocenters. The van der Waals surface area contributed by atoms with Gasteiger partial charge in [-0.05, 0) is 30.7 Å². The summed E-state index contributed by atoms with van der Waals surface area (Å²) in [5.41, 5.74) is 1.40. The summed E-state index contributed by atoms with van der Waals surface area (Å²) in [5, 5.41) is 8.64. The highest BCUT2D eigenvalue weighted by molar-refractivity contribution is 5.66. The van der Waals surface area contributed by atoms with Crippen LogP contribution < -0.4 is 0 Å². The minimum absolute atomic E-state index is 0.301. The van der Waals surface area contributed by atoms with Gasteiger partial charge in [0.2, 0.25) is 0 Å². The number of hydrogen-bond acceptors (Lipinski definition) is 1. The van der Waals surface area contributed by atoms with Crippen molar-refractivity contribution in [1.29, 1.82) is 0 Å². The average molecular weight is 248 g/mol. The first-order chi connectivity index (χ1) is 8.74. The highest BCUT2D eigenvalue weighted by Gasteiger charge is 2.10. The Morgan fingerprint density at radius 1 is 1.11 bits per heavy atom. The maximum absolute atomic E-state index is 10.5. The van der Waals surface area contributed by atoms with Gasteiger partial charge in [-0.25, -0.2) is 0 Å². The number of carboxylic acids is 1. The largest absolute Gasteiger partial charge is 0.481 e. The van der Waals surface area contributed by atoms with Crippen molar-refractivity contribution in [3.63, 3.8) is 0 Å². The van der Waals surface area contributed by atoms with Gasteiger partial charge in [-0.1, -0.05) is 56.5 Å². The second-order valence-electron chi connectivity index (χ2n) is 4.89. The Morgan fingerprint density at radius 3 is 2.39 bits per heavy atom. The second-order valence-corrected chi connectivity index (χ2v) is 4.89. The van der Waals surface area contributed by atoms with Crippen molar-refractivity contribution in [2.45, 2.75) is 57.8 Å². The van der Waals surface area contributed by atoms with Crippen LogP contribution in [0.15, 0.2) is 30.3 Å². The van der Waals surface area contributed by atoms with Crippen molar-refractivity contribution in [1.82, 2.24) is 0 Å². The number of aliphatic carboxylic acids is 1. The predicted octanol–water partition coefficient (Wildman–Crippen LogP) is 4.61. The van der Waals surface area contributed by atoms with E-state index in [9.17, 15) is 4.79 Å². The van der Waals surface area contributed by atoms with Crippen LogP contribution in [0.5, 0.6) is 0 Å². The van der Waals surface area contributed by atoms with E-state index in [1.165, 1.54) is 24.8 Å². The van der Waals surface area contributed by atoms with E-state index in [0.29, 0.717) is 12.3 Å². The Morgan fingerprint density at radius 2 is 1.78 bits per heavy atom. The SMILES string of the molecule is CCCCC(CCCCC(=O)O)c1ccccc1. The number of rotatable bonds is 9. The van der Waals surface area contributed by atoms with E-state index in [4.69, 9.17) is 5.11 Å². The van der Waals surface area contributed by atoms with Crippen LogP contribution in [-0.4, -0.2) is 11.1 Å². The summed E-state index contributed by atoms with van der Waals surface area (Å²) >= 11 is 0. The predicted molar refractivity (Wildman–Crippen MR) is 74.8 cm³/mol. The van der Waals surface area contributed by atoms with Gasteiger partial charge in [0.05, 0.1) is 0 Å². The molecule has 0 bridgehead atoms. The van der Waals surface area contributed by atoms with Crippen LogP contribution in [0, 0.1) is 0 Å². The lowest BCUT2D eigenvalue weighted by Crippen LogP contribution is -2.00. The standard InChI is InChI=1S/C16H24O2/c1-2-3-9-14(12-7-8-13-16(17)18)15-10-5-4-6-11-15/h4-6,10-11,14H,2-3,7-9,12-13H2,1H3,(H,17,18). The smallest absolute Gasteiger partial charge is 0.303 e. The molecule has 1 aromatic carbocycles. The molecule has 0 aliphatic heterocycles. The zero-order chi connectivity index (χ0) is 13.2. The topological polar surface area (TPSA) is 37.3 Å². The lowest BCUT2D eigenvalue weighted by atomic mass is 9.89. The molecule has 0 spiro atoms. The van der Waals surface area contributed by atoms with Crippen LogP contribution in [-0.2, 0) is 4.79 Å². The molecule has 0 saturated heterocycles. The third kappa shape index (κ3) is 5.85. The molecule has 0 radical (unpaired) electrons. The molecule has 0 aliphatic rings. The van der Waals surface area contributed by atoms with Crippen molar-refractivity contribution in [3.8, 4) is 0 Å². The first-order valence-electron chi connectivity index (χ1n) is 7.00. The molecule has 100 valence electrons. The first-order valence-corrected chi connectivity index (χ1v) is 7.00. The molecule has 1 N–H and O–H groups in total. The van der Waals surface area contributed by atoms with E-state index in [2.05, 4.69) is 31.2 Å². The quantitative estimate of drug-likeness (QED) is 0.648. The molecule has 2 nitrogen and oxygen atoms in total. The van der Waals surface area contributed by atoms with Gasteiger partial charge in [0.25, 0.3) is 0 Å². The zero-order valence-corrected chi connectivity index (χ0v) is 11.3. The summed E-state index contributed by atoms with van der Waals surface area (Å²) in [6, 6.07) is 10.6. The molecule has 18 heavy (non-hydrogen) atoms. The number of unbranched alkanes of at least 4 members (excludes halogenated alkanes) is 2.